The molecule has 2 atom stereocenters. The third-order valence-electron chi connectivity index (χ3n) is 4.27. The number of nitrogens with zero attached hydrogens (tertiary/aromatic N) is 1. The lowest BCUT2D eigenvalue weighted by Crippen LogP contribution is -2.46. The van der Waals surface area contributed by atoms with Gasteiger partial charge in [-0.05, 0) is 31.2 Å². The van der Waals surface area contributed by atoms with Crippen LogP contribution in [0.2, 0.25) is 0 Å². The smallest absolute Gasteiger partial charge is 0.305 e. The molecule has 0 radical (unpaired) electrons. The Hall–Kier alpha value is -3.82. The summed E-state index contributed by atoms with van der Waals surface area (Å²) in [5.41, 5.74) is -0.428. The van der Waals surface area contributed by atoms with E-state index in [1.54, 1.807) is 30.3 Å². The van der Waals surface area contributed by atoms with Gasteiger partial charge < -0.3 is 20.3 Å². The first kappa shape index (κ1) is 22.5. The molecule has 1 aromatic heterocycles. The molecule has 0 aliphatic rings. The normalized spacial score (nSPS) is 12.5. The Morgan fingerprint density at radius 2 is 1.77 bits per heavy atom. The van der Waals surface area contributed by atoms with Crippen LogP contribution >= 0.6 is 0 Å². The van der Waals surface area contributed by atoms with Crippen molar-refractivity contribution < 1.29 is 28.7 Å². The first-order valence-corrected chi connectivity index (χ1v) is 8.93. The maximum Gasteiger partial charge on any atom is 0.305 e. The Morgan fingerprint density at radius 1 is 1.10 bits per heavy atom. The summed E-state index contributed by atoms with van der Waals surface area (Å²) in [7, 11) is 0. The number of carbonyl (C=O) groups excluding carboxylic acids is 3. The highest BCUT2D eigenvalue weighted by molar-refractivity contribution is 6.04. The fourth-order valence-electron chi connectivity index (χ4n) is 2.63. The Morgan fingerprint density at radius 3 is 2.37 bits per heavy atom. The number of pyridine rings is 1. The van der Waals surface area contributed by atoms with Gasteiger partial charge >= 0.3 is 5.97 Å². The molecule has 0 saturated heterocycles. The number of carboxylic acids is 1. The number of nitrogens with one attached hydrogen (secondary N) is 2. The minimum atomic E-state index is -1.56. The van der Waals surface area contributed by atoms with Crippen molar-refractivity contribution in [2.45, 2.75) is 25.4 Å². The van der Waals surface area contributed by atoms with Gasteiger partial charge in [0.05, 0.1) is 6.42 Å². The number of ketones is 1. The summed E-state index contributed by atoms with van der Waals surface area (Å²) in [6.07, 6.45) is 0.511. The number of carbonyl (C=O) groups is 4. The van der Waals surface area contributed by atoms with Crippen molar-refractivity contribution in [1.82, 2.24) is 9.88 Å². The van der Waals surface area contributed by atoms with Crippen molar-refractivity contribution in [2.24, 2.45) is 0 Å². The fraction of sp³-hybridized carbons (Fsp3) is 0.250. The number of aromatic nitrogens is 1. The monoisotopic (exact) mass is 417 g/mol. The number of benzene rings is 1. The molecule has 9 nitrogen and oxygen atoms in total. The molecule has 1 aromatic carbocycles. The maximum atomic E-state index is 12.7. The van der Waals surface area contributed by atoms with E-state index >= 15 is 0 Å². The third-order valence-corrected chi connectivity index (χ3v) is 4.27. The van der Waals surface area contributed by atoms with E-state index in [1.807, 2.05) is 0 Å². The Kier molecular flexibility index (Phi) is 7.56. The van der Waals surface area contributed by atoms with Gasteiger partial charge in [-0.3, -0.25) is 24.0 Å². The summed E-state index contributed by atoms with van der Waals surface area (Å²) in [5, 5.41) is 13.5. The number of rotatable bonds is 9. The average molecular weight is 417 g/mol. The lowest BCUT2D eigenvalue weighted by molar-refractivity contribution is -0.140. The van der Waals surface area contributed by atoms with Crippen LogP contribution in [-0.2, 0) is 14.4 Å². The topological polar surface area (TPSA) is 135 Å². The zero-order chi connectivity index (χ0) is 22.3. The quantitative estimate of drug-likeness (QED) is 0.560. The van der Waals surface area contributed by atoms with E-state index < -0.39 is 54.3 Å². The summed E-state index contributed by atoms with van der Waals surface area (Å²) in [5.74, 6) is -3.85. The molecular formula is C20H20FN3O6. The van der Waals surface area contributed by atoms with Crippen LogP contribution in [0.4, 0.5) is 10.1 Å². The molecule has 0 fully saturated rings. The Bertz CT molecular complexity index is 1010. The molecule has 2 amide bonds. The summed E-state index contributed by atoms with van der Waals surface area (Å²) < 4.78 is 13.7. The van der Waals surface area contributed by atoms with Gasteiger partial charge in [-0.1, -0.05) is 18.2 Å². The number of Topliss-reactive ketones (excluding diaryl/α,β-unsaturated/α-hetero) is 1. The third kappa shape index (κ3) is 5.60. The molecule has 0 bridgehead atoms. The molecule has 158 valence electrons. The van der Waals surface area contributed by atoms with Crippen LogP contribution in [0.1, 0.15) is 29.7 Å². The highest BCUT2D eigenvalue weighted by atomic mass is 19.1. The second-order valence-electron chi connectivity index (χ2n) is 6.39. The maximum absolute atomic E-state index is 12.7. The Labute approximate surface area is 170 Å². The molecule has 0 saturated carbocycles. The zero-order valence-corrected chi connectivity index (χ0v) is 16.0. The standard InChI is InChI=1S/C20H20FN3O6/c1-12(18(28)23-15(10-17(26)27)16(25)11-21)24-9-5-8-14(20(24)30)22-19(29)13-6-3-2-4-7-13/h2-9,12,15H,10-11H2,1H3,(H,22,29)(H,23,28)(H,26,27)/t12-,15?/m0/s1. The SMILES string of the molecule is C[C@@H](C(=O)NC(CC(=O)O)C(=O)CF)n1cccc(NC(=O)c2ccccc2)c1=O. The molecule has 0 aliphatic carbocycles. The molecule has 2 aromatic rings. The number of hydrogen-bond acceptors (Lipinski definition) is 5. The Balaban J connectivity index is 2.20. The minimum Gasteiger partial charge on any atom is -0.481 e. The average Bonchev–Trinajstić information content (AvgIpc) is 2.73. The second-order valence-corrected chi connectivity index (χ2v) is 6.39. The molecule has 1 unspecified atom stereocenters. The van der Waals surface area contributed by atoms with Gasteiger partial charge in [-0.2, -0.15) is 0 Å². The van der Waals surface area contributed by atoms with Crippen LogP contribution in [-0.4, -0.2) is 46.0 Å². The van der Waals surface area contributed by atoms with Crippen molar-refractivity contribution in [3.05, 3.63) is 64.6 Å². The molecule has 3 N–H and O–H groups in total. The summed E-state index contributed by atoms with van der Waals surface area (Å²) in [6.45, 7) is -0.0924. The van der Waals surface area contributed by atoms with Crippen LogP contribution in [0.5, 0.6) is 0 Å². The van der Waals surface area contributed by atoms with E-state index in [0.29, 0.717) is 5.56 Å². The van der Waals surface area contributed by atoms with Crippen LogP contribution < -0.4 is 16.2 Å². The second kappa shape index (κ2) is 10.1. The summed E-state index contributed by atoms with van der Waals surface area (Å²) >= 11 is 0. The molecule has 1 heterocycles. The minimum absolute atomic E-state index is 0.0760. The van der Waals surface area contributed by atoms with Crippen LogP contribution in [0.15, 0.2) is 53.5 Å². The van der Waals surface area contributed by atoms with Crippen molar-refractivity contribution >= 4 is 29.3 Å². The van der Waals surface area contributed by atoms with E-state index in [1.165, 1.54) is 25.3 Å². The number of amides is 2. The van der Waals surface area contributed by atoms with Gasteiger partial charge in [0.2, 0.25) is 5.91 Å². The first-order valence-electron chi connectivity index (χ1n) is 8.93. The van der Waals surface area contributed by atoms with Crippen molar-refractivity contribution in [2.75, 3.05) is 12.0 Å². The number of hydrogen-bond donors (Lipinski definition) is 3. The highest BCUT2D eigenvalue weighted by Gasteiger charge is 2.26. The number of carboxylic acid groups (broad SMARTS) is 1. The molecule has 0 aliphatic heterocycles. The highest BCUT2D eigenvalue weighted by Crippen LogP contribution is 2.09. The van der Waals surface area contributed by atoms with E-state index in [9.17, 15) is 28.4 Å². The fourth-order valence-corrected chi connectivity index (χ4v) is 2.63. The summed E-state index contributed by atoms with van der Waals surface area (Å²) in [4.78, 5) is 59.8. The molecule has 0 spiro atoms. The largest absolute Gasteiger partial charge is 0.481 e. The lowest BCUT2D eigenvalue weighted by Gasteiger charge is -2.20. The van der Waals surface area contributed by atoms with Crippen LogP contribution in [0, 0.1) is 0 Å². The molecule has 10 heteroatoms. The summed E-state index contributed by atoms with van der Waals surface area (Å²) in [6, 6.07) is 8.28. The number of alkyl halides is 1. The first-order chi connectivity index (χ1) is 14.2. The van der Waals surface area contributed by atoms with Gasteiger partial charge in [0.1, 0.15) is 24.4 Å². The zero-order valence-electron chi connectivity index (χ0n) is 16.0. The van der Waals surface area contributed by atoms with Gasteiger partial charge in [-0.25, -0.2) is 4.39 Å². The van der Waals surface area contributed by atoms with Gasteiger partial charge in [0, 0.05) is 11.8 Å². The predicted molar refractivity (Wildman–Crippen MR) is 105 cm³/mol. The van der Waals surface area contributed by atoms with Crippen LogP contribution in [0.25, 0.3) is 0 Å². The molecule has 2 rings (SSSR count). The van der Waals surface area contributed by atoms with Gasteiger partial charge in [0.25, 0.3) is 11.5 Å². The van der Waals surface area contributed by atoms with Crippen LogP contribution in [0.3, 0.4) is 0 Å². The molecule has 30 heavy (non-hydrogen) atoms. The molecular weight excluding hydrogens is 397 g/mol. The number of aliphatic carboxylic acids is 1. The van der Waals surface area contributed by atoms with E-state index in [0.717, 1.165) is 4.57 Å². The number of anilines is 1. The van der Waals surface area contributed by atoms with E-state index in [2.05, 4.69) is 10.6 Å². The van der Waals surface area contributed by atoms with Crippen molar-refractivity contribution in [3.8, 4) is 0 Å². The predicted octanol–water partition coefficient (Wildman–Crippen LogP) is 1.16. The van der Waals surface area contributed by atoms with Crippen molar-refractivity contribution in [3.63, 3.8) is 0 Å². The number of halogens is 1. The van der Waals surface area contributed by atoms with E-state index in [-0.39, 0.29) is 5.69 Å². The lowest BCUT2D eigenvalue weighted by atomic mass is 10.1. The van der Waals surface area contributed by atoms with E-state index in [4.69, 9.17) is 5.11 Å². The van der Waals surface area contributed by atoms with Gasteiger partial charge in [0.15, 0.2) is 5.78 Å². The van der Waals surface area contributed by atoms with Gasteiger partial charge in [-0.15, -0.1) is 0 Å². The van der Waals surface area contributed by atoms with Crippen molar-refractivity contribution in [1.29, 1.82) is 0 Å².